The zero-order valence-corrected chi connectivity index (χ0v) is 17.4. The van der Waals surface area contributed by atoms with E-state index in [2.05, 4.69) is 5.32 Å². The maximum atomic E-state index is 13.8. The van der Waals surface area contributed by atoms with Crippen LogP contribution in [-0.4, -0.2) is 16.9 Å². The van der Waals surface area contributed by atoms with Crippen LogP contribution in [0.1, 0.15) is 11.1 Å². The zero-order chi connectivity index (χ0) is 22.7. The van der Waals surface area contributed by atoms with Crippen LogP contribution in [0.4, 0.5) is 14.5 Å². The van der Waals surface area contributed by atoms with E-state index in [9.17, 15) is 18.4 Å². The van der Waals surface area contributed by atoms with Gasteiger partial charge in [-0.15, -0.1) is 0 Å². The van der Waals surface area contributed by atoms with E-state index in [-0.39, 0.29) is 23.1 Å². The summed E-state index contributed by atoms with van der Waals surface area (Å²) < 4.78 is 32.7. The first kappa shape index (κ1) is 21.3. The molecular weight excluding hydrogens is 434 g/mol. The second kappa shape index (κ2) is 9.07. The maximum absolute atomic E-state index is 13.8. The topological polar surface area (TPSA) is 58.6 Å². The van der Waals surface area contributed by atoms with Gasteiger partial charge in [0.1, 0.15) is 29.6 Å². The maximum Gasteiger partial charge on any atom is 0.270 e. The monoisotopic (exact) mass is 450 g/mol. The molecule has 0 aromatic heterocycles. The highest BCUT2D eigenvalue weighted by atomic mass is 32.1. The van der Waals surface area contributed by atoms with Gasteiger partial charge in [0.05, 0.1) is 5.69 Å². The number of amides is 2. The summed E-state index contributed by atoms with van der Waals surface area (Å²) >= 11 is 5.13. The Hall–Kier alpha value is -3.91. The van der Waals surface area contributed by atoms with Crippen LogP contribution in [0.15, 0.2) is 78.4 Å². The molecule has 0 radical (unpaired) electrons. The molecule has 0 atom stereocenters. The Morgan fingerprint density at radius 1 is 0.969 bits per heavy atom. The fraction of sp³-hybridized carbons (Fsp3) is 0.0417. The van der Waals surface area contributed by atoms with E-state index in [0.29, 0.717) is 22.6 Å². The van der Waals surface area contributed by atoms with Crippen molar-refractivity contribution < 1.29 is 23.1 Å². The minimum atomic E-state index is -0.643. The first-order valence-electron chi connectivity index (χ1n) is 9.55. The number of benzene rings is 3. The Labute approximate surface area is 187 Å². The summed E-state index contributed by atoms with van der Waals surface area (Å²) in [6, 6.07) is 18.2. The molecule has 1 aliphatic rings. The van der Waals surface area contributed by atoms with E-state index in [1.165, 1.54) is 36.4 Å². The summed E-state index contributed by atoms with van der Waals surface area (Å²) in [6.45, 7) is 0.0265. The van der Waals surface area contributed by atoms with Gasteiger partial charge in [-0.05, 0) is 66.3 Å². The highest BCUT2D eigenvalue weighted by Gasteiger charge is 2.34. The molecule has 0 bridgehead atoms. The standard InChI is InChI=1S/C24H16F2N2O3S/c25-17-8-10-18(11-9-17)28-23(30)20(22(29)27-24(28)32)13-15-4-3-6-19(12-15)31-14-16-5-1-2-7-21(16)26/h1-13H,14H2,(H,27,29,32)/b20-13-. The summed E-state index contributed by atoms with van der Waals surface area (Å²) in [5, 5.41) is 2.38. The smallest absolute Gasteiger partial charge is 0.270 e. The molecule has 0 aliphatic carbocycles. The van der Waals surface area contributed by atoms with Gasteiger partial charge in [0.15, 0.2) is 5.11 Å². The van der Waals surface area contributed by atoms with E-state index < -0.39 is 17.6 Å². The van der Waals surface area contributed by atoms with Gasteiger partial charge in [0.2, 0.25) is 0 Å². The average molecular weight is 450 g/mol. The molecular formula is C24H16F2N2O3S. The van der Waals surface area contributed by atoms with Gasteiger partial charge in [0.25, 0.3) is 11.8 Å². The third-order valence-corrected chi connectivity index (χ3v) is 4.99. The number of carbonyl (C=O) groups is 2. The quantitative estimate of drug-likeness (QED) is 0.356. The van der Waals surface area contributed by atoms with Crippen LogP contribution in [0.25, 0.3) is 6.08 Å². The number of nitrogens with one attached hydrogen (secondary N) is 1. The van der Waals surface area contributed by atoms with Crippen LogP contribution in [0, 0.1) is 11.6 Å². The van der Waals surface area contributed by atoms with Gasteiger partial charge in [-0.2, -0.15) is 0 Å². The van der Waals surface area contributed by atoms with Gasteiger partial charge in [0, 0.05) is 5.56 Å². The van der Waals surface area contributed by atoms with Gasteiger partial charge in [-0.1, -0.05) is 30.3 Å². The largest absolute Gasteiger partial charge is 0.489 e. The van der Waals surface area contributed by atoms with Crippen molar-refractivity contribution in [1.29, 1.82) is 0 Å². The second-order valence-electron chi connectivity index (χ2n) is 6.89. The minimum Gasteiger partial charge on any atom is -0.489 e. The van der Waals surface area contributed by atoms with E-state index in [1.807, 2.05) is 0 Å². The lowest BCUT2D eigenvalue weighted by Gasteiger charge is -2.28. The van der Waals surface area contributed by atoms with Crippen molar-refractivity contribution >= 4 is 40.9 Å². The summed E-state index contributed by atoms with van der Waals surface area (Å²) in [4.78, 5) is 26.6. The Morgan fingerprint density at radius 2 is 1.72 bits per heavy atom. The Kier molecular flexibility index (Phi) is 6.04. The van der Waals surface area contributed by atoms with Crippen molar-refractivity contribution in [3.8, 4) is 5.75 Å². The number of anilines is 1. The third kappa shape index (κ3) is 4.55. The molecule has 160 valence electrons. The van der Waals surface area contributed by atoms with Crippen molar-refractivity contribution in [1.82, 2.24) is 5.32 Å². The molecule has 5 nitrogen and oxygen atoms in total. The third-order valence-electron chi connectivity index (χ3n) is 4.71. The average Bonchev–Trinajstić information content (AvgIpc) is 2.77. The Balaban J connectivity index is 1.58. The normalized spacial score (nSPS) is 15.1. The number of nitrogens with zero attached hydrogens (tertiary/aromatic N) is 1. The molecule has 32 heavy (non-hydrogen) atoms. The number of thiocarbonyl (C=S) groups is 1. The van der Waals surface area contributed by atoms with E-state index in [4.69, 9.17) is 17.0 Å². The van der Waals surface area contributed by atoms with E-state index in [0.717, 1.165) is 4.90 Å². The molecule has 3 aromatic carbocycles. The number of rotatable bonds is 5. The number of carbonyl (C=O) groups excluding carboxylic acids is 2. The molecule has 1 fully saturated rings. The highest BCUT2D eigenvalue weighted by Crippen LogP contribution is 2.24. The molecule has 0 spiro atoms. The predicted octanol–water partition coefficient (Wildman–Crippen LogP) is 4.38. The fourth-order valence-corrected chi connectivity index (χ4v) is 3.40. The van der Waals surface area contributed by atoms with Crippen molar-refractivity contribution in [2.75, 3.05) is 4.90 Å². The summed E-state index contributed by atoms with van der Waals surface area (Å²) in [7, 11) is 0. The lowest BCUT2D eigenvalue weighted by atomic mass is 10.1. The van der Waals surface area contributed by atoms with Gasteiger partial charge >= 0.3 is 0 Å². The molecule has 4 rings (SSSR count). The number of ether oxygens (including phenoxy) is 1. The van der Waals surface area contributed by atoms with Crippen LogP contribution < -0.4 is 15.0 Å². The van der Waals surface area contributed by atoms with Crippen LogP contribution in [0.2, 0.25) is 0 Å². The molecule has 3 aromatic rings. The van der Waals surface area contributed by atoms with Gasteiger partial charge in [-0.3, -0.25) is 19.8 Å². The summed E-state index contributed by atoms with van der Waals surface area (Å²) in [6.07, 6.45) is 1.41. The summed E-state index contributed by atoms with van der Waals surface area (Å²) in [5.74, 6) is -1.67. The van der Waals surface area contributed by atoms with Crippen LogP contribution in [-0.2, 0) is 16.2 Å². The first-order valence-corrected chi connectivity index (χ1v) is 9.96. The van der Waals surface area contributed by atoms with Gasteiger partial charge < -0.3 is 4.74 Å². The molecule has 0 unspecified atom stereocenters. The molecule has 1 aliphatic heterocycles. The minimum absolute atomic E-state index is 0.0265. The molecule has 1 heterocycles. The van der Waals surface area contributed by atoms with Gasteiger partial charge in [-0.25, -0.2) is 8.78 Å². The zero-order valence-electron chi connectivity index (χ0n) is 16.5. The van der Waals surface area contributed by atoms with Crippen LogP contribution in [0.3, 0.4) is 0 Å². The molecule has 1 saturated heterocycles. The number of hydrogen-bond acceptors (Lipinski definition) is 4. The van der Waals surface area contributed by atoms with Crippen LogP contribution in [0.5, 0.6) is 5.75 Å². The molecule has 2 amide bonds. The second-order valence-corrected chi connectivity index (χ2v) is 7.27. The van der Waals surface area contributed by atoms with Crippen molar-refractivity contribution in [2.45, 2.75) is 6.61 Å². The summed E-state index contributed by atoms with van der Waals surface area (Å²) in [5.41, 5.74) is 1.12. The Bertz CT molecular complexity index is 1240. The molecule has 0 saturated carbocycles. The molecule has 8 heteroatoms. The molecule has 1 N–H and O–H groups in total. The highest BCUT2D eigenvalue weighted by molar-refractivity contribution is 7.80. The lowest BCUT2D eigenvalue weighted by Crippen LogP contribution is -2.54. The first-order chi connectivity index (χ1) is 15.4. The van der Waals surface area contributed by atoms with Crippen molar-refractivity contribution in [3.05, 3.63) is 101 Å². The number of halogens is 2. The van der Waals surface area contributed by atoms with E-state index >= 15 is 0 Å². The van der Waals surface area contributed by atoms with Crippen LogP contribution >= 0.6 is 12.2 Å². The van der Waals surface area contributed by atoms with Crippen molar-refractivity contribution in [3.63, 3.8) is 0 Å². The van der Waals surface area contributed by atoms with E-state index in [1.54, 1.807) is 42.5 Å². The SMILES string of the molecule is O=C1NC(=S)N(c2ccc(F)cc2)C(=O)/C1=C\c1cccc(OCc2ccccc2F)c1. The fourth-order valence-electron chi connectivity index (χ4n) is 3.12. The van der Waals surface area contributed by atoms with Crippen molar-refractivity contribution in [2.24, 2.45) is 0 Å². The lowest BCUT2D eigenvalue weighted by molar-refractivity contribution is -0.122. The predicted molar refractivity (Wildman–Crippen MR) is 120 cm³/mol. The number of hydrogen-bond donors (Lipinski definition) is 1. The Morgan fingerprint density at radius 3 is 2.47 bits per heavy atom.